The first-order chi connectivity index (χ1) is 21.9. The normalized spacial score (nSPS) is 14.6. The molecule has 0 saturated heterocycles. The number of rotatable bonds is 9. The minimum absolute atomic E-state index is 0.186. The lowest BCUT2D eigenvalue weighted by molar-refractivity contribution is -0.139. The van der Waals surface area contributed by atoms with E-state index >= 15 is 0 Å². The van der Waals surface area contributed by atoms with Crippen molar-refractivity contribution in [2.75, 3.05) is 20.8 Å². The lowest BCUT2D eigenvalue weighted by Crippen LogP contribution is -2.40. The maximum Gasteiger partial charge on any atom is 0.338 e. The van der Waals surface area contributed by atoms with E-state index < -0.39 is 12.0 Å². The average molecular weight is 621 g/mol. The van der Waals surface area contributed by atoms with Gasteiger partial charge in [0.1, 0.15) is 29.9 Å². The third-order valence-corrected chi connectivity index (χ3v) is 8.67. The van der Waals surface area contributed by atoms with Gasteiger partial charge in [-0.3, -0.25) is 9.36 Å². The predicted molar refractivity (Wildman–Crippen MR) is 175 cm³/mol. The molecular weight excluding hydrogens is 588 g/mol. The number of nitrogens with zero attached hydrogens (tertiary/aromatic N) is 2. The largest absolute Gasteiger partial charge is 0.497 e. The number of allylic oxidation sites excluding steroid dienone is 1. The van der Waals surface area contributed by atoms with Gasteiger partial charge in [0.2, 0.25) is 0 Å². The van der Waals surface area contributed by atoms with Crippen molar-refractivity contribution in [3.05, 3.63) is 133 Å². The van der Waals surface area contributed by atoms with E-state index in [2.05, 4.69) is 29.3 Å². The molecule has 2 heterocycles. The molecular formula is C36H32N2O6S. The molecule has 0 radical (unpaired) electrons. The summed E-state index contributed by atoms with van der Waals surface area (Å²) in [5, 5.41) is 2.31. The van der Waals surface area contributed by atoms with Crippen LogP contribution in [0.5, 0.6) is 17.2 Å². The van der Waals surface area contributed by atoms with Crippen LogP contribution in [0.4, 0.5) is 0 Å². The molecule has 6 rings (SSSR count). The summed E-state index contributed by atoms with van der Waals surface area (Å²) in [6, 6.07) is 26.5. The van der Waals surface area contributed by atoms with Gasteiger partial charge in [-0.15, -0.1) is 0 Å². The van der Waals surface area contributed by atoms with Crippen LogP contribution in [0, 0.1) is 0 Å². The van der Waals surface area contributed by atoms with Crippen LogP contribution in [0.2, 0.25) is 0 Å². The number of thiazole rings is 1. The lowest BCUT2D eigenvalue weighted by Gasteiger charge is -2.26. The van der Waals surface area contributed by atoms with E-state index in [-0.39, 0.29) is 17.7 Å². The van der Waals surface area contributed by atoms with E-state index in [9.17, 15) is 9.59 Å². The van der Waals surface area contributed by atoms with Crippen LogP contribution in [0.15, 0.2) is 106 Å². The van der Waals surface area contributed by atoms with Crippen LogP contribution in [-0.4, -0.2) is 31.4 Å². The van der Waals surface area contributed by atoms with Gasteiger partial charge in [-0.25, -0.2) is 9.79 Å². The van der Waals surface area contributed by atoms with E-state index in [0.717, 1.165) is 21.9 Å². The lowest BCUT2D eigenvalue weighted by atomic mass is 9.95. The number of hydrogen-bond acceptors (Lipinski definition) is 8. The van der Waals surface area contributed by atoms with Crippen LogP contribution in [-0.2, 0) is 16.1 Å². The second-order valence-corrected chi connectivity index (χ2v) is 11.4. The molecule has 228 valence electrons. The number of aromatic nitrogens is 1. The second-order valence-electron chi connectivity index (χ2n) is 10.4. The molecule has 9 heteroatoms. The van der Waals surface area contributed by atoms with E-state index in [1.54, 1.807) is 43.7 Å². The number of fused-ring (bicyclic) bond motifs is 2. The zero-order chi connectivity index (χ0) is 31.5. The zero-order valence-corrected chi connectivity index (χ0v) is 26.2. The van der Waals surface area contributed by atoms with Gasteiger partial charge in [-0.1, -0.05) is 65.9 Å². The van der Waals surface area contributed by atoms with Gasteiger partial charge in [-0.2, -0.15) is 0 Å². The van der Waals surface area contributed by atoms with Crippen LogP contribution >= 0.6 is 11.3 Å². The predicted octanol–water partition coefficient (Wildman–Crippen LogP) is 5.55. The molecule has 1 aliphatic rings. The van der Waals surface area contributed by atoms with Crippen LogP contribution in [0.1, 0.15) is 36.6 Å². The maximum absolute atomic E-state index is 14.1. The van der Waals surface area contributed by atoms with E-state index in [0.29, 0.717) is 44.4 Å². The highest BCUT2D eigenvalue weighted by Crippen LogP contribution is 2.37. The van der Waals surface area contributed by atoms with Gasteiger partial charge in [0.25, 0.3) is 5.56 Å². The van der Waals surface area contributed by atoms with Crippen molar-refractivity contribution in [2.24, 2.45) is 4.99 Å². The first kappa shape index (κ1) is 29.9. The summed E-state index contributed by atoms with van der Waals surface area (Å²) in [5.41, 5.74) is 2.99. The molecule has 0 spiro atoms. The number of carbonyl (C=O) groups excluding carboxylic acids is 1. The number of carbonyl (C=O) groups is 1. The Labute approximate surface area is 264 Å². The van der Waals surface area contributed by atoms with Gasteiger partial charge in [-0.05, 0) is 66.1 Å². The minimum Gasteiger partial charge on any atom is -0.497 e. The van der Waals surface area contributed by atoms with E-state index in [4.69, 9.17) is 18.9 Å². The Bertz CT molecular complexity index is 2120. The van der Waals surface area contributed by atoms with Crippen molar-refractivity contribution >= 4 is 34.2 Å². The molecule has 0 N–H and O–H groups in total. The smallest absolute Gasteiger partial charge is 0.338 e. The standard InChI is InChI=1S/C36H32N2O6S/c1-5-43-35(40)32-22(2)37-36-38(33(32)29-17-16-26(41-3)20-30(29)42-4)34(39)31(45-36)19-23-10-8-14-27(18-23)44-21-25-13-9-12-24-11-6-7-15-28(24)25/h6-20,33H,5,21H2,1-4H3/b31-19-. The monoisotopic (exact) mass is 620 g/mol. The molecule has 0 bridgehead atoms. The Morgan fingerprint density at radius 2 is 1.76 bits per heavy atom. The van der Waals surface area contributed by atoms with Crippen LogP contribution in [0.25, 0.3) is 16.8 Å². The summed E-state index contributed by atoms with van der Waals surface area (Å²) in [6.45, 7) is 4.09. The molecule has 0 aliphatic carbocycles. The molecule has 45 heavy (non-hydrogen) atoms. The van der Waals surface area contributed by atoms with Crippen molar-refractivity contribution in [3.8, 4) is 17.2 Å². The van der Waals surface area contributed by atoms with Gasteiger partial charge < -0.3 is 18.9 Å². The summed E-state index contributed by atoms with van der Waals surface area (Å²) < 4.78 is 24.7. The van der Waals surface area contributed by atoms with Crippen molar-refractivity contribution in [3.63, 3.8) is 0 Å². The van der Waals surface area contributed by atoms with E-state index in [1.807, 2.05) is 48.5 Å². The highest BCUT2D eigenvalue weighted by Gasteiger charge is 2.35. The number of ether oxygens (including phenoxy) is 4. The number of methoxy groups -OCH3 is 2. The zero-order valence-electron chi connectivity index (χ0n) is 25.4. The molecule has 0 fully saturated rings. The Morgan fingerprint density at radius 3 is 2.56 bits per heavy atom. The Hall–Kier alpha value is -5.15. The third-order valence-electron chi connectivity index (χ3n) is 7.68. The van der Waals surface area contributed by atoms with Crippen molar-refractivity contribution in [1.82, 2.24) is 4.57 Å². The van der Waals surface area contributed by atoms with Gasteiger partial charge >= 0.3 is 5.97 Å². The Kier molecular flexibility index (Phi) is 8.53. The summed E-state index contributed by atoms with van der Waals surface area (Å²) >= 11 is 1.26. The summed E-state index contributed by atoms with van der Waals surface area (Å²) in [7, 11) is 3.10. The summed E-state index contributed by atoms with van der Waals surface area (Å²) in [6.07, 6.45) is 1.82. The van der Waals surface area contributed by atoms with Crippen LogP contribution in [0.3, 0.4) is 0 Å². The fourth-order valence-corrected chi connectivity index (χ4v) is 6.60. The highest BCUT2D eigenvalue weighted by atomic mass is 32.1. The fraction of sp³-hybridized carbons (Fsp3) is 0.194. The first-order valence-corrected chi connectivity index (χ1v) is 15.3. The Morgan fingerprint density at radius 1 is 0.956 bits per heavy atom. The van der Waals surface area contributed by atoms with Crippen molar-refractivity contribution in [2.45, 2.75) is 26.5 Å². The molecule has 0 amide bonds. The number of esters is 1. The number of benzene rings is 4. The topological polar surface area (TPSA) is 88.4 Å². The van der Waals surface area contributed by atoms with Gasteiger partial charge in [0, 0.05) is 11.6 Å². The van der Waals surface area contributed by atoms with Crippen molar-refractivity contribution < 1.29 is 23.7 Å². The second kappa shape index (κ2) is 12.8. The summed E-state index contributed by atoms with van der Waals surface area (Å²) in [5.74, 6) is 1.21. The summed E-state index contributed by atoms with van der Waals surface area (Å²) in [4.78, 5) is 32.5. The molecule has 1 aliphatic heterocycles. The maximum atomic E-state index is 14.1. The SMILES string of the molecule is CCOC(=O)C1=C(C)N=c2s/c(=C\c3cccc(OCc4cccc5ccccc45)c3)c(=O)n2C1c1ccc(OC)cc1OC. The molecule has 4 aromatic carbocycles. The van der Waals surface area contributed by atoms with Gasteiger partial charge in [0.15, 0.2) is 4.80 Å². The fourth-order valence-electron chi connectivity index (χ4n) is 5.56. The minimum atomic E-state index is -0.807. The molecule has 1 unspecified atom stereocenters. The van der Waals surface area contributed by atoms with E-state index in [1.165, 1.54) is 18.4 Å². The van der Waals surface area contributed by atoms with Crippen molar-refractivity contribution in [1.29, 1.82) is 0 Å². The quantitative estimate of drug-likeness (QED) is 0.201. The highest BCUT2D eigenvalue weighted by molar-refractivity contribution is 7.07. The molecule has 1 aromatic heterocycles. The average Bonchev–Trinajstić information content (AvgIpc) is 3.36. The number of hydrogen-bond donors (Lipinski definition) is 0. The third kappa shape index (κ3) is 5.86. The van der Waals surface area contributed by atoms with Crippen LogP contribution < -0.4 is 29.1 Å². The van der Waals surface area contributed by atoms with Gasteiger partial charge in [0.05, 0.1) is 36.6 Å². The first-order valence-electron chi connectivity index (χ1n) is 14.5. The molecule has 1 atom stereocenters. The Balaban J connectivity index is 1.39. The molecule has 8 nitrogen and oxygen atoms in total. The molecule has 5 aromatic rings. The molecule has 0 saturated carbocycles.